The third-order valence-corrected chi connectivity index (χ3v) is 3.96. The van der Waals surface area contributed by atoms with Crippen LogP contribution in [0.4, 0.5) is 4.79 Å². The summed E-state index contributed by atoms with van der Waals surface area (Å²) in [5, 5.41) is 6.37. The lowest BCUT2D eigenvalue weighted by Crippen LogP contribution is -2.48. The molecule has 1 aliphatic rings. The van der Waals surface area contributed by atoms with E-state index in [0.717, 1.165) is 37.5 Å². The van der Waals surface area contributed by atoms with Crippen molar-refractivity contribution < 1.29 is 4.79 Å². The topological polar surface area (TPSA) is 65.0 Å². The van der Waals surface area contributed by atoms with Crippen LogP contribution in [-0.4, -0.2) is 47.5 Å². The number of alkyl halides is 1. The molecular weight excluding hydrogens is 304 g/mol. The van der Waals surface area contributed by atoms with Gasteiger partial charge in [0.2, 0.25) is 0 Å². The molecule has 0 spiro atoms. The molecule has 1 N–H and O–H groups in total. The summed E-state index contributed by atoms with van der Waals surface area (Å²) in [7, 11) is 0. The molecule has 0 atom stereocenters. The van der Waals surface area contributed by atoms with Crippen LogP contribution in [0.5, 0.6) is 0 Å². The number of nitrogens with zero attached hydrogens (tertiary/aromatic N) is 3. The van der Waals surface area contributed by atoms with Crippen molar-refractivity contribution in [1.29, 1.82) is 0 Å². The number of carbonyl (C=O) groups excluding carboxylic acids is 1. The van der Waals surface area contributed by atoms with Crippen molar-refractivity contribution in [3.05, 3.63) is 40.8 Å². The molecule has 1 aromatic rings. The van der Waals surface area contributed by atoms with E-state index in [2.05, 4.69) is 27.6 Å². The maximum absolute atomic E-state index is 11.9. The molecule has 0 aliphatic carbocycles. The molecule has 1 saturated heterocycles. The average molecular weight is 325 g/mol. The Hall–Kier alpha value is -1.66. The van der Waals surface area contributed by atoms with Crippen molar-refractivity contribution in [2.45, 2.75) is 25.4 Å². The molecule has 6 nitrogen and oxygen atoms in total. The van der Waals surface area contributed by atoms with Crippen LogP contribution in [0.3, 0.4) is 0 Å². The average Bonchev–Trinajstić information content (AvgIpc) is 2.55. The molecule has 0 bridgehead atoms. The third-order valence-electron chi connectivity index (χ3n) is 3.79. The summed E-state index contributed by atoms with van der Waals surface area (Å²) in [6.45, 7) is 2.90. The first-order valence-corrected chi connectivity index (χ1v) is 8.00. The Kier molecular flexibility index (Phi) is 6.61. The zero-order chi connectivity index (χ0) is 15.8. The fraction of sp³-hybridized carbons (Fsp3) is 0.533. The largest absolute Gasteiger partial charge is 0.340 e. The molecule has 22 heavy (non-hydrogen) atoms. The number of rotatable bonds is 6. The Labute approximate surface area is 135 Å². The van der Waals surface area contributed by atoms with Crippen molar-refractivity contribution >= 4 is 17.6 Å². The molecule has 0 radical (unpaired) electrons. The number of nitrogens with one attached hydrogen (secondary N) is 1. The van der Waals surface area contributed by atoms with Crippen LogP contribution in [0.15, 0.2) is 35.6 Å². The smallest absolute Gasteiger partial charge is 0.334 e. The number of amides is 2. The number of urea groups is 1. The van der Waals surface area contributed by atoms with Crippen molar-refractivity contribution in [1.82, 2.24) is 15.2 Å². The van der Waals surface area contributed by atoms with Gasteiger partial charge in [0.15, 0.2) is 0 Å². The van der Waals surface area contributed by atoms with Gasteiger partial charge in [0, 0.05) is 31.6 Å². The predicted octanol–water partition coefficient (Wildman–Crippen LogP) is 2.58. The van der Waals surface area contributed by atoms with E-state index in [-0.39, 0.29) is 18.5 Å². The first-order chi connectivity index (χ1) is 10.7. The lowest BCUT2D eigenvalue weighted by Gasteiger charge is -2.32. The van der Waals surface area contributed by atoms with Crippen LogP contribution in [0, 0.1) is 4.91 Å². The molecule has 120 valence electrons. The number of hydrogen-bond acceptors (Lipinski definition) is 4. The van der Waals surface area contributed by atoms with Gasteiger partial charge in [0.25, 0.3) is 0 Å². The van der Waals surface area contributed by atoms with Crippen LogP contribution < -0.4 is 5.32 Å². The second kappa shape index (κ2) is 8.70. The lowest BCUT2D eigenvalue weighted by atomic mass is 10.0. The minimum atomic E-state index is -0.461. The van der Waals surface area contributed by atoms with Gasteiger partial charge in [-0.05, 0) is 18.4 Å². The molecule has 0 unspecified atom stereocenters. The van der Waals surface area contributed by atoms with E-state index in [0.29, 0.717) is 0 Å². The van der Waals surface area contributed by atoms with Gasteiger partial charge in [-0.25, -0.2) is 4.79 Å². The summed E-state index contributed by atoms with van der Waals surface area (Å²) >= 11 is 5.53. The van der Waals surface area contributed by atoms with Crippen molar-refractivity contribution in [2.75, 3.05) is 25.5 Å². The van der Waals surface area contributed by atoms with E-state index in [4.69, 9.17) is 11.6 Å². The fourth-order valence-electron chi connectivity index (χ4n) is 2.59. The maximum atomic E-state index is 11.9. The number of piperidine rings is 1. The van der Waals surface area contributed by atoms with E-state index < -0.39 is 6.03 Å². The molecule has 2 rings (SSSR count). The highest BCUT2D eigenvalue weighted by Gasteiger charge is 2.23. The number of carbonyl (C=O) groups is 1. The summed E-state index contributed by atoms with van der Waals surface area (Å²) < 4.78 is 0. The highest BCUT2D eigenvalue weighted by atomic mass is 35.5. The van der Waals surface area contributed by atoms with E-state index in [1.165, 1.54) is 5.56 Å². The fourth-order valence-corrected chi connectivity index (χ4v) is 2.75. The molecule has 1 aliphatic heterocycles. The van der Waals surface area contributed by atoms with E-state index >= 15 is 0 Å². The van der Waals surface area contributed by atoms with Crippen molar-refractivity contribution in [3.8, 4) is 0 Å². The van der Waals surface area contributed by atoms with E-state index in [1.54, 1.807) is 0 Å². The quantitative estimate of drug-likeness (QED) is 0.497. The zero-order valence-electron chi connectivity index (χ0n) is 12.4. The van der Waals surface area contributed by atoms with E-state index in [1.807, 2.05) is 18.2 Å². The summed E-state index contributed by atoms with van der Waals surface area (Å²) in [6.07, 6.45) is 1.73. The first-order valence-electron chi connectivity index (χ1n) is 7.46. The molecular formula is C15H21ClN4O2. The number of likely N-dealkylation sites (tertiary alicyclic amines) is 1. The second-order valence-electron chi connectivity index (χ2n) is 5.38. The Morgan fingerprint density at radius 3 is 2.59 bits per heavy atom. The molecule has 2 amide bonds. The lowest BCUT2D eigenvalue weighted by molar-refractivity contribution is 0.171. The van der Waals surface area contributed by atoms with Crippen molar-refractivity contribution in [2.24, 2.45) is 5.29 Å². The third kappa shape index (κ3) is 4.96. The minimum Gasteiger partial charge on any atom is -0.334 e. The molecule has 0 saturated carbocycles. The molecule has 1 heterocycles. The first kappa shape index (κ1) is 16.7. The molecule has 1 aromatic carbocycles. The van der Waals surface area contributed by atoms with Crippen LogP contribution in [0.2, 0.25) is 0 Å². The number of nitroso groups, excluding NO2 is 1. The highest BCUT2D eigenvalue weighted by Crippen LogP contribution is 2.14. The van der Waals surface area contributed by atoms with Gasteiger partial charge in [0.05, 0.1) is 11.8 Å². The minimum absolute atomic E-state index is 0.0825. The molecule has 1 fully saturated rings. The predicted molar refractivity (Wildman–Crippen MR) is 86.5 cm³/mol. The number of halogens is 1. The summed E-state index contributed by atoms with van der Waals surface area (Å²) in [5.74, 6) is 0.189. The van der Waals surface area contributed by atoms with Gasteiger partial charge >= 0.3 is 6.03 Å². The maximum Gasteiger partial charge on any atom is 0.340 e. The molecule has 0 aromatic heterocycles. The van der Waals surface area contributed by atoms with Gasteiger partial charge in [0.1, 0.15) is 0 Å². The monoisotopic (exact) mass is 324 g/mol. The Bertz CT molecular complexity index is 478. The number of benzene rings is 1. The van der Waals surface area contributed by atoms with Crippen LogP contribution in [0.25, 0.3) is 0 Å². The SMILES string of the molecule is O=NN(CCCl)C(=O)NC1CCN(Cc2ccccc2)CC1. The number of hydrogen-bond donors (Lipinski definition) is 1. The summed E-state index contributed by atoms with van der Waals surface area (Å²) in [6, 6.07) is 9.96. The van der Waals surface area contributed by atoms with Gasteiger partial charge in [-0.3, -0.25) is 4.90 Å². The van der Waals surface area contributed by atoms with Gasteiger partial charge in [-0.1, -0.05) is 30.3 Å². The van der Waals surface area contributed by atoms with Crippen LogP contribution in [0.1, 0.15) is 18.4 Å². The van der Waals surface area contributed by atoms with Crippen LogP contribution in [-0.2, 0) is 6.54 Å². The Morgan fingerprint density at radius 2 is 2.00 bits per heavy atom. The van der Waals surface area contributed by atoms with Crippen LogP contribution >= 0.6 is 11.6 Å². The zero-order valence-corrected chi connectivity index (χ0v) is 13.2. The van der Waals surface area contributed by atoms with Gasteiger partial charge in [-0.2, -0.15) is 5.01 Å². The normalized spacial score (nSPS) is 16.2. The van der Waals surface area contributed by atoms with E-state index in [9.17, 15) is 9.70 Å². The Balaban J connectivity index is 1.75. The summed E-state index contributed by atoms with van der Waals surface area (Å²) in [5.41, 5.74) is 1.29. The standard InChI is InChI=1S/C15H21ClN4O2/c16-8-11-20(18-22)15(21)17-14-6-9-19(10-7-14)12-13-4-2-1-3-5-13/h1-5,14H,6-12H2,(H,17,21). The van der Waals surface area contributed by atoms with Gasteiger partial charge < -0.3 is 5.32 Å². The Morgan fingerprint density at radius 1 is 1.32 bits per heavy atom. The van der Waals surface area contributed by atoms with Crippen molar-refractivity contribution in [3.63, 3.8) is 0 Å². The highest BCUT2D eigenvalue weighted by molar-refractivity contribution is 6.18. The van der Waals surface area contributed by atoms with Gasteiger partial charge in [-0.15, -0.1) is 16.5 Å². The second-order valence-corrected chi connectivity index (χ2v) is 5.76. The summed E-state index contributed by atoms with van der Waals surface area (Å²) in [4.78, 5) is 24.8. The molecule has 7 heteroatoms.